The molecule has 0 aromatic heterocycles. The van der Waals surface area contributed by atoms with E-state index < -0.39 is 11.9 Å². The number of anilines is 2. The lowest BCUT2D eigenvalue weighted by Gasteiger charge is -2.10. The van der Waals surface area contributed by atoms with Gasteiger partial charge in [-0.05, 0) is 30.7 Å². The fourth-order valence-corrected chi connectivity index (χ4v) is 2.24. The number of hydrogen-bond donors (Lipinski definition) is 3. The Hall–Kier alpha value is -3.79. The number of nitriles is 1. The zero-order chi connectivity index (χ0) is 20.4. The molecule has 0 spiro atoms. The Morgan fingerprint density at radius 3 is 2.50 bits per heavy atom. The highest BCUT2D eigenvalue weighted by Crippen LogP contribution is 2.22. The molecule has 0 unspecified atom stereocenters. The SMILES string of the molecule is CCCCOC(=O)c1ccccc1N/C=C(/C#N)C(=O)Nc1ccccc1O. The first-order chi connectivity index (χ1) is 13.6. The van der Waals surface area contributed by atoms with Gasteiger partial charge >= 0.3 is 5.97 Å². The zero-order valence-electron chi connectivity index (χ0n) is 15.4. The third-order valence-electron chi connectivity index (χ3n) is 3.77. The normalized spacial score (nSPS) is 10.6. The van der Waals surface area contributed by atoms with Crippen LogP contribution in [0.15, 0.2) is 60.3 Å². The van der Waals surface area contributed by atoms with Crippen LogP contribution in [0.25, 0.3) is 0 Å². The number of carbonyl (C=O) groups is 2. The lowest BCUT2D eigenvalue weighted by Crippen LogP contribution is -2.15. The van der Waals surface area contributed by atoms with E-state index in [0.29, 0.717) is 17.9 Å². The first-order valence-electron chi connectivity index (χ1n) is 8.79. The van der Waals surface area contributed by atoms with Crippen molar-refractivity contribution < 1.29 is 19.4 Å². The van der Waals surface area contributed by atoms with Crippen molar-refractivity contribution in [1.29, 1.82) is 5.26 Å². The summed E-state index contributed by atoms with van der Waals surface area (Å²) in [4.78, 5) is 24.5. The van der Waals surface area contributed by atoms with Crippen molar-refractivity contribution in [1.82, 2.24) is 0 Å². The Morgan fingerprint density at radius 1 is 1.14 bits per heavy atom. The van der Waals surface area contributed by atoms with Gasteiger partial charge in [-0.15, -0.1) is 0 Å². The van der Waals surface area contributed by atoms with Crippen molar-refractivity contribution in [2.45, 2.75) is 19.8 Å². The Labute approximate surface area is 163 Å². The largest absolute Gasteiger partial charge is 0.506 e. The van der Waals surface area contributed by atoms with Gasteiger partial charge < -0.3 is 20.5 Å². The Bertz CT molecular complexity index is 916. The average Bonchev–Trinajstić information content (AvgIpc) is 2.70. The first kappa shape index (κ1) is 20.5. The van der Waals surface area contributed by atoms with Crippen LogP contribution in [-0.2, 0) is 9.53 Å². The number of unbranched alkanes of at least 4 members (excludes halogenated alkanes) is 1. The quantitative estimate of drug-likeness (QED) is 0.211. The molecule has 0 fully saturated rings. The fraction of sp³-hybridized carbons (Fsp3) is 0.190. The van der Waals surface area contributed by atoms with Crippen LogP contribution in [0.5, 0.6) is 5.75 Å². The summed E-state index contributed by atoms with van der Waals surface area (Å²) in [7, 11) is 0. The molecular weight excluding hydrogens is 358 g/mol. The summed E-state index contributed by atoms with van der Waals surface area (Å²) in [5.74, 6) is -1.29. The molecule has 2 aromatic carbocycles. The summed E-state index contributed by atoms with van der Waals surface area (Å²) in [6.45, 7) is 2.32. The molecule has 0 radical (unpaired) electrons. The summed E-state index contributed by atoms with van der Waals surface area (Å²) >= 11 is 0. The Balaban J connectivity index is 2.12. The van der Waals surface area contributed by atoms with Crippen molar-refractivity contribution in [2.75, 3.05) is 17.2 Å². The Kier molecular flexibility index (Phi) is 7.61. The van der Waals surface area contributed by atoms with Gasteiger partial charge in [-0.2, -0.15) is 5.26 Å². The smallest absolute Gasteiger partial charge is 0.340 e. The molecule has 0 aliphatic carbocycles. The van der Waals surface area contributed by atoms with Crippen LogP contribution in [0.2, 0.25) is 0 Å². The molecule has 0 saturated heterocycles. The van der Waals surface area contributed by atoms with Gasteiger partial charge in [0.2, 0.25) is 0 Å². The van der Waals surface area contributed by atoms with Crippen LogP contribution in [0.3, 0.4) is 0 Å². The van der Waals surface area contributed by atoms with Crippen LogP contribution in [0.4, 0.5) is 11.4 Å². The number of nitrogens with one attached hydrogen (secondary N) is 2. The highest BCUT2D eigenvalue weighted by atomic mass is 16.5. The number of benzene rings is 2. The molecule has 0 aliphatic rings. The highest BCUT2D eigenvalue weighted by Gasteiger charge is 2.14. The average molecular weight is 379 g/mol. The van der Waals surface area contributed by atoms with E-state index in [4.69, 9.17) is 4.74 Å². The number of ether oxygens (including phenoxy) is 1. The molecule has 28 heavy (non-hydrogen) atoms. The Morgan fingerprint density at radius 2 is 1.82 bits per heavy atom. The molecule has 0 bridgehead atoms. The minimum atomic E-state index is -0.695. The molecule has 0 atom stereocenters. The standard InChI is InChI=1S/C21H21N3O4/c1-2-3-12-28-21(27)16-8-4-5-9-17(16)23-14-15(13-22)20(26)24-18-10-6-7-11-19(18)25/h4-11,14,23,25H,2-3,12H2,1H3,(H,24,26)/b15-14-. The van der Waals surface area contributed by atoms with Crippen molar-refractivity contribution in [3.05, 3.63) is 65.9 Å². The predicted octanol–water partition coefficient (Wildman–Crippen LogP) is 3.81. The van der Waals surface area contributed by atoms with E-state index in [1.165, 1.54) is 18.3 Å². The van der Waals surface area contributed by atoms with Crippen molar-refractivity contribution >= 4 is 23.3 Å². The topological polar surface area (TPSA) is 111 Å². The van der Waals surface area contributed by atoms with Crippen molar-refractivity contribution in [2.24, 2.45) is 0 Å². The summed E-state index contributed by atoms with van der Waals surface area (Å²) in [6.07, 6.45) is 2.88. The molecule has 7 nitrogen and oxygen atoms in total. The summed E-state index contributed by atoms with van der Waals surface area (Å²) in [5, 5.41) is 24.3. The molecule has 7 heteroatoms. The van der Waals surface area contributed by atoms with Gasteiger partial charge in [-0.25, -0.2) is 4.79 Å². The molecule has 144 valence electrons. The van der Waals surface area contributed by atoms with E-state index in [0.717, 1.165) is 12.8 Å². The summed E-state index contributed by atoms with van der Waals surface area (Å²) < 4.78 is 5.21. The predicted molar refractivity (Wildman–Crippen MR) is 106 cm³/mol. The van der Waals surface area contributed by atoms with Gasteiger partial charge in [0, 0.05) is 6.20 Å². The monoisotopic (exact) mass is 379 g/mol. The number of phenolic OH excluding ortho intramolecular Hbond substituents is 1. The van der Waals surface area contributed by atoms with Gasteiger partial charge in [0.1, 0.15) is 17.4 Å². The fourth-order valence-electron chi connectivity index (χ4n) is 2.24. The third kappa shape index (κ3) is 5.61. The second-order valence-electron chi connectivity index (χ2n) is 5.82. The minimum absolute atomic E-state index is 0.110. The van der Waals surface area contributed by atoms with E-state index >= 15 is 0 Å². The number of para-hydroxylation sites is 3. The van der Waals surface area contributed by atoms with E-state index in [-0.39, 0.29) is 17.0 Å². The van der Waals surface area contributed by atoms with Crippen LogP contribution < -0.4 is 10.6 Å². The molecule has 0 heterocycles. The number of aromatic hydroxyl groups is 1. The first-order valence-corrected chi connectivity index (χ1v) is 8.79. The van der Waals surface area contributed by atoms with Crippen LogP contribution in [0.1, 0.15) is 30.1 Å². The molecular formula is C21H21N3O4. The van der Waals surface area contributed by atoms with Gasteiger partial charge in [0.15, 0.2) is 0 Å². The molecule has 2 rings (SSSR count). The molecule has 0 aliphatic heterocycles. The van der Waals surface area contributed by atoms with E-state index in [1.807, 2.05) is 6.92 Å². The molecule has 1 amide bonds. The van der Waals surface area contributed by atoms with E-state index in [1.54, 1.807) is 42.5 Å². The van der Waals surface area contributed by atoms with Crippen LogP contribution in [-0.4, -0.2) is 23.6 Å². The van der Waals surface area contributed by atoms with Gasteiger partial charge in [0.05, 0.1) is 23.5 Å². The van der Waals surface area contributed by atoms with E-state index in [9.17, 15) is 20.0 Å². The number of esters is 1. The van der Waals surface area contributed by atoms with Crippen molar-refractivity contribution in [3.63, 3.8) is 0 Å². The number of phenols is 1. The second-order valence-corrected chi connectivity index (χ2v) is 5.82. The zero-order valence-corrected chi connectivity index (χ0v) is 15.4. The lowest BCUT2D eigenvalue weighted by molar-refractivity contribution is -0.112. The lowest BCUT2D eigenvalue weighted by atomic mass is 10.1. The number of nitrogens with zero attached hydrogens (tertiary/aromatic N) is 1. The second kappa shape index (κ2) is 10.4. The van der Waals surface area contributed by atoms with E-state index in [2.05, 4.69) is 10.6 Å². The maximum Gasteiger partial charge on any atom is 0.340 e. The summed E-state index contributed by atoms with van der Waals surface area (Å²) in [6, 6.07) is 14.6. The number of amides is 1. The molecule has 2 aromatic rings. The number of carbonyl (C=O) groups excluding carboxylic acids is 2. The van der Waals surface area contributed by atoms with Gasteiger partial charge in [0.25, 0.3) is 5.91 Å². The van der Waals surface area contributed by atoms with Crippen molar-refractivity contribution in [3.8, 4) is 11.8 Å². The highest BCUT2D eigenvalue weighted by molar-refractivity contribution is 6.07. The van der Waals surface area contributed by atoms with Gasteiger partial charge in [-0.3, -0.25) is 4.79 Å². The molecule has 3 N–H and O–H groups in total. The molecule has 0 saturated carbocycles. The van der Waals surface area contributed by atoms with Crippen LogP contribution >= 0.6 is 0 Å². The maximum atomic E-state index is 12.3. The minimum Gasteiger partial charge on any atom is -0.506 e. The number of rotatable bonds is 8. The maximum absolute atomic E-state index is 12.3. The van der Waals surface area contributed by atoms with Crippen LogP contribution in [0, 0.1) is 11.3 Å². The number of hydrogen-bond acceptors (Lipinski definition) is 6. The van der Waals surface area contributed by atoms with Gasteiger partial charge in [-0.1, -0.05) is 37.6 Å². The third-order valence-corrected chi connectivity index (χ3v) is 3.77. The summed E-state index contributed by atoms with van der Waals surface area (Å²) in [5.41, 5.74) is 0.673.